The van der Waals surface area contributed by atoms with Crippen molar-refractivity contribution in [2.75, 3.05) is 0 Å². The van der Waals surface area contributed by atoms with Gasteiger partial charge in [0.2, 0.25) is 0 Å². The quantitative estimate of drug-likeness (QED) is 0.227. The fourth-order valence-corrected chi connectivity index (χ4v) is 0. The third-order valence-electron chi connectivity index (χ3n) is 0.427. The van der Waals surface area contributed by atoms with Crippen molar-refractivity contribution in [2.24, 2.45) is 0 Å². The molecule has 0 fully saturated rings. The van der Waals surface area contributed by atoms with Crippen LogP contribution < -0.4 is 12.4 Å². The van der Waals surface area contributed by atoms with Gasteiger partial charge in [-0.1, -0.05) is 0 Å². The number of halogens is 1. The van der Waals surface area contributed by atoms with Crippen LogP contribution in [0.4, 0.5) is 0 Å². The molecule has 0 saturated carbocycles. The van der Waals surface area contributed by atoms with Crippen LogP contribution in [0, 0.1) is 6.92 Å². The Hall–Kier alpha value is 0.796. The molecule has 0 aromatic heterocycles. The molecule has 0 amide bonds. The van der Waals surface area contributed by atoms with E-state index in [-0.39, 0.29) is 35.5 Å². The minimum atomic E-state index is 0. The minimum absolute atomic E-state index is 0. The van der Waals surface area contributed by atoms with Gasteiger partial charge in [0.05, 0.1) is 0 Å². The van der Waals surface area contributed by atoms with E-state index in [2.05, 4.69) is 13.5 Å². The zero-order valence-electron chi connectivity index (χ0n) is 4.71. The molecule has 0 rings (SSSR count). The summed E-state index contributed by atoms with van der Waals surface area (Å²) in [4.78, 5) is 0. The van der Waals surface area contributed by atoms with E-state index in [1.807, 2.05) is 6.92 Å². The molecule has 0 atom stereocenters. The zero-order valence-corrected chi connectivity index (χ0v) is 6.88. The average molecular weight is 129 g/mol. The molecule has 0 aliphatic heterocycles. The van der Waals surface area contributed by atoms with Gasteiger partial charge in [0.15, 0.2) is 0 Å². The molecule has 2 heteroatoms. The molecular weight excluding hydrogens is 120 g/mol. The molecule has 0 N–H and O–H groups in total. The van der Waals surface area contributed by atoms with Gasteiger partial charge in [-0.3, -0.25) is 0 Å². The molecule has 0 spiro atoms. The maximum absolute atomic E-state index is 3.61. The molecule has 0 aromatic carbocycles. The molecule has 0 radical (unpaired) electrons. The molecular formula is C5H9ClMg. The van der Waals surface area contributed by atoms with Gasteiger partial charge in [-0.15, -0.1) is 12.2 Å². The van der Waals surface area contributed by atoms with Crippen LogP contribution in [-0.2, 0) is 0 Å². The first-order valence-corrected chi connectivity index (χ1v) is 1.71. The third kappa shape index (κ3) is 20.0. The van der Waals surface area contributed by atoms with E-state index in [9.17, 15) is 0 Å². The molecule has 38 valence electrons. The van der Waals surface area contributed by atoms with Crippen LogP contribution in [0.25, 0.3) is 0 Å². The van der Waals surface area contributed by atoms with Crippen molar-refractivity contribution in [3.63, 3.8) is 0 Å². The second kappa shape index (κ2) is 9.93. The van der Waals surface area contributed by atoms with E-state index < -0.39 is 0 Å². The number of hydrogen-bond donors (Lipinski definition) is 0. The summed E-state index contributed by atoms with van der Waals surface area (Å²) in [5.41, 5.74) is 1.14. The summed E-state index contributed by atoms with van der Waals surface area (Å²) in [6.07, 6.45) is 0.861. The van der Waals surface area contributed by atoms with E-state index in [4.69, 9.17) is 0 Å². The normalized spacial score (nSPS) is 5.43. The predicted molar refractivity (Wildman–Crippen MR) is 30.5 cm³/mol. The van der Waals surface area contributed by atoms with Gasteiger partial charge >= 0.3 is 23.1 Å². The van der Waals surface area contributed by atoms with Crippen LogP contribution in [0.2, 0.25) is 0 Å². The van der Waals surface area contributed by atoms with E-state index >= 15 is 0 Å². The van der Waals surface area contributed by atoms with Crippen LogP contribution in [0.1, 0.15) is 13.3 Å². The van der Waals surface area contributed by atoms with Crippen LogP contribution >= 0.6 is 0 Å². The van der Waals surface area contributed by atoms with Crippen molar-refractivity contribution in [2.45, 2.75) is 13.3 Å². The van der Waals surface area contributed by atoms with E-state index in [1.54, 1.807) is 0 Å². The molecule has 0 aliphatic rings. The Morgan fingerprint density at radius 3 is 1.86 bits per heavy atom. The van der Waals surface area contributed by atoms with E-state index in [0.29, 0.717) is 0 Å². The molecule has 0 aromatic rings. The summed E-state index contributed by atoms with van der Waals surface area (Å²) in [7, 11) is 0. The molecule has 0 heterocycles. The van der Waals surface area contributed by atoms with Gasteiger partial charge in [0, 0.05) is 0 Å². The van der Waals surface area contributed by atoms with Gasteiger partial charge in [0.1, 0.15) is 0 Å². The zero-order chi connectivity index (χ0) is 4.28. The Morgan fingerprint density at radius 1 is 1.71 bits per heavy atom. The van der Waals surface area contributed by atoms with Gasteiger partial charge in [-0.25, -0.2) is 0 Å². The fourth-order valence-electron chi connectivity index (χ4n) is 0. The first-order chi connectivity index (χ1) is 2.27. The van der Waals surface area contributed by atoms with Crippen LogP contribution in [0.3, 0.4) is 0 Å². The van der Waals surface area contributed by atoms with Crippen molar-refractivity contribution in [3.05, 3.63) is 19.1 Å². The number of rotatable bonds is 1. The van der Waals surface area contributed by atoms with Gasteiger partial charge < -0.3 is 19.3 Å². The van der Waals surface area contributed by atoms with Crippen molar-refractivity contribution >= 4 is 23.1 Å². The summed E-state index contributed by atoms with van der Waals surface area (Å²) in [6.45, 7) is 9.16. The topological polar surface area (TPSA) is 0 Å². The van der Waals surface area contributed by atoms with Crippen LogP contribution in [0.5, 0.6) is 0 Å². The van der Waals surface area contributed by atoms with Gasteiger partial charge in [-0.2, -0.15) is 6.42 Å². The molecule has 0 saturated heterocycles. The summed E-state index contributed by atoms with van der Waals surface area (Å²) in [5, 5.41) is 0. The second-order valence-corrected chi connectivity index (χ2v) is 1.21. The first-order valence-electron chi connectivity index (χ1n) is 1.71. The first kappa shape index (κ1) is 15.7. The standard InChI is InChI=1S/C5H9.ClH.Mg/c1-4-5(2)3;;/h1-2,4H2,3H3;1H;/q-1;;+2/p-1. The van der Waals surface area contributed by atoms with Crippen molar-refractivity contribution in [1.29, 1.82) is 0 Å². The Labute approximate surface area is 67.9 Å². The van der Waals surface area contributed by atoms with Crippen molar-refractivity contribution in [1.82, 2.24) is 0 Å². The molecule has 0 aliphatic carbocycles. The Morgan fingerprint density at radius 2 is 1.86 bits per heavy atom. The summed E-state index contributed by atoms with van der Waals surface area (Å²) in [5.74, 6) is 0. The number of hydrogen-bond acceptors (Lipinski definition) is 0. The SMILES string of the molecule is C=C(C)C[CH2-].[Cl-].[Mg+2]. The summed E-state index contributed by atoms with van der Waals surface area (Å²) < 4.78 is 0. The summed E-state index contributed by atoms with van der Waals surface area (Å²) in [6, 6.07) is 0. The van der Waals surface area contributed by atoms with Crippen LogP contribution in [0.15, 0.2) is 12.2 Å². The van der Waals surface area contributed by atoms with Gasteiger partial charge in [-0.05, 0) is 6.92 Å². The number of allylic oxidation sites excluding steroid dienone is 1. The molecule has 0 nitrogen and oxygen atoms in total. The largest absolute Gasteiger partial charge is 2.00 e. The van der Waals surface area contributed by atoms with E-state index in [0.717, 1.165) is 12.0 Å². The summed E-state index contributed by atoms with van der Waals surface area (Å²) >= 11 is 0. The monoisotopic (exact) mass is 128 g/mol. The predicted octanol–water partition coefficient (Wildman–Crippen LogP) is -1.59. The van der Waals surface area contributed by atoms with Crippen LogP contribution in [-0.4, -0.2) is 23.1 Å². The molecule has 0 unspecified atom stereocenters. The van der Waals surface area contributed by atoms with Gasteiger partial charge in [0.25, 0.3) is 0 Å². The van der Waals surface area contributed by atoms with Crippen molar-refractivity contribution < 1.29 is 12.4 Å². The average Bonchev–Trinajstić information content (AvgIpc) is 1.38. The Bertz CT molecular complexity index is 43.3. The maximum Gasteiger partial charge on any atom is 2.00 e. The smallest absolute Gasteiger partial charge is 1.00 e. The Balaban J connectivity index is -0.0000000800. The Kier molecular flexibility index (Phi) is 22.2. The minimum Gasteiger partial charge on any atom is -1.00 e. The molecule has 0 bridgehead atoms. The molecule has 7 heavy (non-hydrogen) atoms. The fraction of sp³-hybridized carbons (Fsp3) is 0.400. The van der Waals surface area contributed by atoms with E-state index in [1.165, 1.54) is 0 Å². The van der Waals surface area contributed by atoms with Crippen molar-refractivity contribution in [3.8, 4) is 0 Å². The maximum atomic E-state index is 3.61. The second-order valence-electron chi connectivity index (χ2n) is 1.21. The third-order valence-corrected chi connectivity index (χ3v) is 0.427.